The van der Waals surface area contributed by atoms with E-state index in [4.69, 9.17) is 0 Å². The number of benzene rings is 2. The van der Waals surface area contributed by atoms with Gasteiger partial charge < -0.3 is 5.32 Å². The summed E-state index contributed by atoms with van der Waals surface area (Å²) in [7, 11) is 0. The predicted molar refractivity (Wildman–Crippen MR) is 90.8 cm³/mol. The maximum atomic E-state index is 4.11. The van der Waals surface area contributed by atoms with E-state index >= 15 is 0 Å². The molecule has 0 radical (unpaired) electrons. The van der Waals surface area contributed by atoms with Crippen molar-refractivity contribution in [3.63, 3.8) is 0 Å². The van der Waals surface area contributed by atoms with Crippen LogP contribution in [0.25, 0.3) is 5.57 Å². The normalized spacial score (nSPS) is 10.1. The number of halogens is 2. The fourth-order valence-corrected chi connectivity index (χ4v) is 3.05. The molecule has 3 heteroatoms. The van der Waals surface area contributed by atoms with Gasteiger partial charge >= 0.3 is 0 Å². The molecule has 0 aromatic heterocycles. The van der Waals surface area contributed by atoms with Crippen LogP contribution < -0.4 is 5.32 Å². The predicted octanol–water partition coefficient (Wildman–Crippen LogP) is 5.18. The summed E-state index contributed by atoms with van der Waals surface area (Å²) >= 11 is 5.85. The molecule has 2 aromatic rings. The Morgan fingerprint density at radius 1 is 1.17 bits per heavy atom. The van der Waals surface area contributed by atoms with Crippen LogP contribution in [0, 0.1) is 3.57 Å². The zero-order valence-electron chi connectivity index (χ0n) is 9.79. The lowest BCUT2D eigenvalue weighted by Gasteiger charge is -2.11. The van der Waals surface area contributed by atoms with Crippen LogP contribution >= 0.6 is 38.5 Å². The summed E-state index contributed by atoms with van der Waals surface area (Å²) in [5.41, 5.74) is 3.35. The van der Waals surface area contributed by atoms with Crippen molar-refractivity contribution in [3.05, 3.63) is 68.7 Å². The van der Waals surface area contributed by atoms with Crippen molar-refractivity contribution < 1.29 is 0 Å². The molecule has 1 nitrogen and oxygen atoms in total. The van der Waals surface area contributed by atoms with Gasteiger partial charge in [-0.25, -0.2) is 0 Å². The Hall–Kier alpha value is -0.810. The Morgan fingerprint density at radius 3 is 2.56 bits per heavy atom. The van der Waals surface area contributed by atoms with Gasteiger partial charge in [-0.15, -0.1) is 0 Å². The SMILES string of the molecule is C=C(CNc1ccc(I)cc1Br)c1ccccc1. The fourth-order valence-electron chi connectivity index (χ4n) is 1.61. The molecule has 0 saturated heterocycles. The second-order valence-electron chi connectivity index (χ2n) is 3.95. The minimum absolute atomic E-state index is 0.739. The van der Waals surface area contributed by atoms with Gasteiger partial charge in [0.1, 0.15) is 0 Å². The third kappa shape index (κ3) is 3.59. The lowest BCUT2D eigenvalue weighted by molar-refractivity contribution is 1.33. The molecule has 2 rings (SSSR count). The number of hydrogen-bond donors (Lipinski definition) is 1. The van der Waals surface area contributed by atoms with Crippen LogP contribution in [-0.4, -0.2) is 6.54 Å². The van der Waals surface area contributed by atoms with Gasteiger partial charge in [0.05, 0.1) is 0 Å². The molecule has 0 heterocycles. The van der Waals surface area contributed by atoms with E-state index < -0.39 is 0 Å². The zero-order chi connectivity index (χ0) is 13.0. The van der Waals surface area contributed by atoms with E-state index in [0.29, 0.717) is 0 Å². The smallest absolute Gasteiger partial charge is 0.0488 e. The minimum Gasteiger partial charge on any atom is -0.380 e. The molecule has 0 aliphatic rings. The first-order chi connectivity index (χ1) is 8.66. The van der Waals surface area contributed by atoms with Crippen molar-refractivity contribution in [1.82, 2.24) is 0 Å². The largest absolute Gasteiger partial charge is 0.380 e. The lowest BCUT2D eigenvalue weighted by Crippen LogP contribution is -2.04. The quantitative estimate of drug-likeness (QED) is 0.681. The lowest BCUT2D eigenvalue weighted by atomic mass is 10.1. The standard InChI is InChI=1S/C15H13BrIN/c1-11(12-5-3-2-4-6-12)10-18-15-8-7-13(17)9-14(15)16/h2-9,18H,1,10H2. The van der Waals surface area contributed by atoms with Crippen molar-refractivity contribution in [2.75, 3.05) is 11.9 Å². The Kier molecular flexibility index (Phi) is 4.83. The first-order valence-electron chi connectivity index (χ1n) is 5.59. The van der Waals surface area contributed by atoms with E-state index in [1.807, 2.05) is 18.2 Å². The summed E-state index contributed by atoms with van der Waals surface area (Å²) in [4.78, 5) is 0. The molecule has 2 aromatic carbocycles. The van der Waals surface area contributed by atoms with Gasteiger partial charge in [-0.2, -0.15) is 0 Å². The van der Waals surface area contributed by atoms with Gasteiger partial charge in [-0.05, 0) is 67.9 Å². The summed E-state index contributed by atoms with van der Waals surface area (Å²) in [5.74, 6) is 0. The Labute approximate surface area is 130 Å². The summed E-state index contributed by atoms with van der Waals surface area (Å²) < 4.78 is 2.29. The average Bonchev–Trinajstić information content (AvgIpc) is 2.38. The van der Waals surface area contributed by atoms with Crippen molar-refractivity contribution in [2.45, 2.75) is 0 Å². The van der Waals surface area contributed by atoms with Crippen LogP contribution in [0.4, 0.5) is 5.69 Å². The Balaban J connectivity index is 2.02. The van der Waals surface area contributed by atoms with Gasteiger partial charge in [0.15, 0.2) is 0 Å². The molecule has 0 fully saturated rings. The first kappa shape index (κ1) is 13.6. The number of rotatable bonds is 4. The summed E-state index contributed by atoms with van der Waals surface area (Å²) in [6.07, 6.45) is 0. The van der Waals surface area contributed by atoms with Gasteiger partial charge in [-0.3, -0.25) is 0 Å². The molecule has 92 valence electrons. The fraction of sp³-hybridized carbons (Fsp3) is 0.0667. The topological polar surface area (TPSA) is 12.0 Å². The van der Waals surface area contributed by atoms with Crippen LogP contribution in [0.3, 0.4) is 0 Å². The molecular weight excluding hydrogens is 401 g/mol. The summed E-state index contributed by atoms with van der Waals surface area (Å²) in [6, 6.07) is 16.5. The number of nitrogens with one attached hydrogen (secondary N) is 1. The van der Waals surface area contributed by atoms with Crippen molar-refractivity contribution in [3.8, 4) is 0 Å². The number of hydrogen-bond acceptors (Lipinski definition) is 1. The molecular formula is C15H13BrIN. The average molecular weight is 414 g/mol. The number of anilines is 1. The van der Waals surface area contributed by atoms with Crippen LogP contribution in [0.5, 0.6) is 0 Å². The van der Waals surface area contributed by atoms with Crippen molar-refractivity contribution in [1.29, 1.82) is 0 Å². The highest BCUT2D eigenvalue weighted by atomic mass is 127. The Morgan fingerprint density at radius 2 is 1.89 bits per heavy atom. The molecule has 0 bridgehead atoms. The van der Waals surface area contributed by atoms with E-state index in [9.17, 15) is 0 Å². The molecule has 0 amide bonds. The van der Waals surface area contributed by atoms with E-state index in [1.54, 1.807) is 0 Å². The summed E-state index contributed by atoms with van der Waals surface area (Å²) in [6.45, 7) is 4.85. The third-order valence-electron chi connectivity index (χ3n) is 2.61. The van der Waals surface area contributed by atoms with Gasteiger partial charge in [0.2, 0.25) is 0 Å². The molecule has 0 spiro atoms. The van der Waals surface area contributed by atoms with Crippen molar-refractivity contribution in [2.24, 2.45) is 0 Å². The molecule has 0 atom stereocenters. The van der Waals surface area contributed by atoms with Gasteiger partial charge in [-0.1, -0.05) is 36.9 Å². The van der Waals surface area contributed by atoms with Crippen molar-refractivity contribution >= 4 is 49.8 Å². The van der Waals surface area contributed by atoms with Crippen LogP contribution in [-0.2, 0) is 0 Å². The highest BCUT2D eigenvalue weighted by Gasteiger charge is 2.02. The first-order valence-corrected chi connectivity index (χ1v) is 7.46. The third-order valence-corrected chi connectivity index (χ3v) is 3.93. The monoisotopic (exact) mass is 413 g/mol. The van der Waals surface area contributed by atoms with E-state index in [0.717, 1.165) is 22.3 Å². The Bertz CT molecular complexity index is 552. The van der Waals surface area contributed by atoms with Gasteiger partial charge in [0, 0.05) is 20.3 Å². The minimum atomic E-state index is 0.739. The second kappa shape index (κ2) is 6.38. The molecule has 0 unspecified atom stereocenters. The highest BCUT2D eigenvalue weighted by molar-refractivity contribution is 14.1. The zero-order valence-corrected chi connectivity index (χ0v) is 13.5. The summed E-state index contributed by atoms with van der Waals surface area (Å²) in [5, 5.41) is 3.39. The van der Waals surface area contributed by atoms with Crippen LogP contribution in [0.2, 0.25) is 0 Å². The maximum Gasteiger partial charge on any atom is 0.0488 e. The molecule has 0 aliphatic heterocycles. The van der Waals surface area contributed by atoms with E-state index in [-0.39, 0.29) is 0 Å². The molecule has 0 aliphatic carbocycles. The van der Waals surface area contributed by atoms with Crippen LogP contribution in [0.1, 0.15) is 5.56 Å². The van der Waals surface area contributed by atoms with Gasteiger partial charge in [0.25, 0.3) is 0 Å². The molecule has 18 heavy (non-hydrogen) atoms. The molecule has 1 N–H and O–H groups in total. The highest BCUT2D eigenvalue weighted by Crippen LogP contribution is 2.25. The van der Waals surface area contributed by atoms with E-state index in [1.165, 1.54) is 9.13 Å². The van der Waals surface area contributed by atoms with E-state index in [2.05, 4.69) is 80.7 Å². The maximum absolute atomic E-state index is 4.11. The van der Waals surface area contributed by atoms with Crippen LogP contribution in [0.15, 0.2) is 59.6 Å². The second-order valence-corrected chi connectivity index (χ2v) is 6.05. The molecule has 0 saturated carbocycles.